The summed E-state index contributed by atoms with van der Waals surface area (Å²) in [5.41, 5.74) is 5.65. The third-order valence-electron chi connectivity index (χ3n) is 1.61. The number of carbonyl (C=O) groups is 1. The van der Waals surface area contributed by atoms with Gasteiger partial charge >= 0.3 is 5.97 Å². The molecule has 0 aromatic rings. The van der Waals surface area contributed by atoms with Gasteiger partial charge in [-0.3, -0.25) is 4.79 Å². The molecule has 4 heteroatoms. The van der Waals surface area contributed by atoms with E-state index in [1.807, 2.05) is 0 Å². The molecule has 0 saturated heterocycles. The van der Waals surface area contributed by atoms with Gasteiger partial charge in [0, 0.05) is 10.9 Å². The highest BCUT2D eigenvalue weighted by molar-refractivity contribution is 7.80. The first-order chi connectivity index (χ1) is 5.57. The van der Waals surface area contributed by atoms with Gasteiger partial charge in [0.15, 0.2) is 0 Å². The van der Waals surface area contributed by atoms with Crippen molar-refractivity contribution in [2.24, 2.45) is 5.73 Å². The summed E-state index contributed by atoms with van der Waals surface area (Å²) in [6.07, 6.45) is 2.77. The maximum absolute atomic E-state index is 10.2. The van der Waals surface area contributed by atoms with E-state index >= 15 is 0 Å². The van der Waals surface area contributed by atoms with Crippen LogP contribution in [0.25, 0.3) is 0 Å². The smallest absolute Gasteiger partial charge is 0.308 e. The Hall–Kier alpha value is -0.480. The Labute approximate surface area is 77.9 Å². The lowest BCUT2D eigenvalue weighted by atomic mass is 10.1. The van der Waals surface area contributed by atoms with Crippen molar-refractivity contribution < 1.29 is 9.90 Å². The number of thiocarbonyl (C=S) groups is 1. The first-order valence-corrected chi connectivity index (χ1v) is 4.48. The normalized spacial score (nSPS) is 12.5. The number of hydrogen-bond donors (Lipinski definition) is 2. The molecule has 0 bridgehead atoms. The summed E-state index contributed by atoms with van der Waals surface area (Å²) in [7, 11) is 0. The molecule has 0 rings (SSSR count). The zero-order valence-corrected chi connectivity index (χ0v) is 8.06. The second-order valence-corrected chi connectivity index (χ2v) is 3.31. The van der Waals surface area contributed by atoms with Crippen molar-refractivity contribution in [1.82, 2.24) is 0 Å². The number of unbranched alkanes of at least 4 members (excludes halogenated alkanes) is 1. The summed E-state index contributed by atoms with van der Waals surface area (Å²) in [5, 5.41) is 8.42. The van der Waals surface area contributed by atoms with Gasteiger partial charge in [-0.2, -0.15) is 0 Å². The van der Waals surface area contributed by atoms with Gasteiger partial charge in [-0.05, 0) is 6.42 Å². The van der Waals surface area contributed by atoms with E-state index in [-0.39, 0.29) is 12.5 Å². The van der Waals surface area contributed by atoms with E-state index in [2.05, 4.69) is 6.92 Å². The van der Waals surface area contributed by atoms with Gasteiger partial charge in [0.1, 0.15) is 0 Å². The van der Waals surface area contributed by atoms with Crippen molar-refractivity contribution in [3.63, 3.8) is 0 Å². The van der Waals surface area contributed by atoms with Crippen LogP contribution in [0.4, 0.5) is 0 Å². The molecule has 0 heterocycles. The van der Waals surface area contributed by atoms with Crippen LogP contribution in [0, 0.1) is 0 Å². The topological polar surface area (TPSA) is 63.3 Å². The van der Waals surface area contributed by atoms with Crippen molar-refractivity contribution in [1.29, 1.82) is 0 Å². The van der Waals surface area contributed by atoms with Crippen molar-refractivity contribution in [2.75, 3.05) is 0 Å². The van der Waals surface area contributed by atoms with Crippen LogP contribution in [0.2, 0.25) is 0 Å². The number of aliphatic carboxylic acids is 1. The van der Waals surface area contributed by atoms with Crippen LogP contribution < -0.4 is 5.73 Å². The van der Waals surface area contributed by atoms with Crippen molar-refractivity contribution in [3.8, 4) is 0 Å². The maximum Gasteiger partial charge on any atom is 0.308 e. The molecule has 0 aliphatic carbocycles. The fraction of sp³-hybridized carbons (Fsp3) is 0.750. The van der Waals surface area contributed by atoms with Crippen LogP contribution in [-0.4, -0.2) is 22.0 Å². The Bertz CT molecular complexity index is 170. The first kappa shape index (κ1) is 11.5. The molecular weight excluding hydrogens is 174 g/mol. The average Bonchev–Trinajstić information content (AvgIpc) is 1.98. The van der Waals surface area contributed by atoms with E-state index in [0.29, 0.717) is 4.86 Å². The molecule has 0 radical (unpaired) electrons. The Morgan fingerprint density at radius 1 is 1.67 bits per heavy atom. The highest BCUT2D eigenvalue weighted by Gasteiger charge is 2.11. The summed E-state index contributed by atoms with van der Waals surface area (Å²) in [6, 6.07) is -0.226. The number of carboxylic acid groups (broad SMARTS) is 1. The van der Waals surface area contributed by atoms with Crippen molar-refractivity contribution >= 4 is 23.1 Å². The SMILES string of the molecule is CCCCC(N)C(=S)CC(=O)O. The zero-order valence-electron chi connectivity index (χ0n) is 7.25. The molecule has 0 aliphatic rings. The van der Waals surface area contributed by atoms with Crippen molar-refractivity contribution in [3.05, 3.63) is 0 Å². The van der Waals surface area contributed by atoms with Crippen LogP contribution in [0.1, 0.15) is 32.6 Å². The molecule has 70 valence electrons. The Morgan fingerprint density at radius 2 is 2.25 bits per heavy atom. The summed E-state index contributed by atoms with van der Waals surface area (Å²) in [6.45, 7) is 2.06. The van der Waals surface area contributed by atoms with Crippen LogP contribution in [0.15, 0.2) is 0 Å². The summed E-state index contributed by atoms with van der Waals surface area (Å²) >= 11 is 4.86. The van der Waals surface area contributed by atoms with E-state index in [9.17, 15) is 4.79 Å². The summed E-state index contributed by atoms with van der Waals surface area (Å²) in [5.74, 6) is -0.896. The number of hydrogen-bond acceptors (Lipinski definition) is 3. The molecule has 3 N–H and O–H groups in total. The molecule has 0 aromatic heterocycles. The highest BCUT2D eigenvalue weighted by Crippen LogP contribution is 2.02. The zero-order chi connectivity index (χ0) is 9.56. The standard InChI is InChI=1S/C8H15NO2S/c1-2-3-4-6(9)7(12)5-8(10)11/h6H,2-5,9H2,1H3,(H,10,11). The molecule has 0 spiro atoms. The third kappa shape index (κ3) is 5.21. The van der Waals surface area contributed by atoms with Crippen LogP contribution in [0.5, 0.6) is 0 Å². The molecule has 0 amide bonds. The number of rotatable bonds is 6. The predicted molar refractivity (Wildman–Crippen MR) is 52.4 cm³/mol. The Morgan fingerprint density at radius 3 is 2.67 bits per heavy atom. The minimum atomic E-state index is -0.896. The second-order valence-electron chi connectivity index (χ2n) is 2.79. The molecular formula is C8H15NO2S. The lowest BCUT2D eigenvalue weighted by Crippen LogP contribution is -2.30. The molecule has 12 heavy (non-hydrogen) atoms. The van der Waals surface area contributed by atoms with Gasteiger partial charge < -0.3 is 10.8 Å². The molecule has 0 aliphatic heterocycles. The fourth-order valence-corrected chi connectivity index (χ4v) is 1.11. The van der Waals surface area contributed by atoms with E-state index < -0.39 is 5.97 Å². The lowest BCUT2D eigenvalue weighted by molar-refractivity contribution is -0.135. The maximum atomic E-state index is 10.2. The van der Waals surface area contributed by atoms with E-state index in [1.54, 1.807) is 0 Å². The van der Waals surface area contributed by atoms with Crippen LogP contribution in [0.3, 0.4) is 0 Å². The van der Waals surface area contributed by atoms with Gasteiger partial charge in [-0.25, -0.2) is 0 Å². The number of carboxylic acids is 1. The van der Waals surface area contributed by atoms with Crippen LogP contribution in [-0.2, 0) is 4.79 Å². The summed E-state index contributed by atoms with van der Waals surface area (Å²) < 4.78 is 0. The molecule has 0 saturated carbocycles. The van der Waals surface area contributed by atoms with Crippen molar-refractivity contribution in [2.45, 2.75) is 38.6 Å². The third-order valence-corrected chi connectivity index (χ3v) is 2.05. The lowest BCUT2D eigenvalue weighted by Gasteiger charge is -2.10. The Kier molecular flexibility index (Phi) is 5.84. The monoisotopic (exact) mass is 189 g/mol. The molecule has 1 atom stereocenters. The van der Waals surface area contributed by atoms with Gasteiger partial charge in [0.25, 0.3) is 0 Å². The van der Waals surface area contributed by atoms with E-state index in [4.69, 9.17) is 23.1 Å². The highest BCUT2D eigenvalue weighted by atomic mass is 32.1. The fourth-order valence-electron chi connectivity index (χ4n) is 0.865. The van der Waals surface area contributed by atoms with Crippen LogP contribution >= 0.6 is 12.2 Å². The van der Waals surface area contributed by atoms with Gasteiger partial charge in [0.2, 0.25) is 0 Å². The predicted octanol–water partition coefficient (Wildman–Crippen LogP) is 1.35. The van der Waals surface area contributed by atoms with Gasteiger partial charge in [-0.1, -0.05) is 32.0 Å². The second kappa shape index (κ2) is 6.08. The quantitative estimate of drug-likeness (QED) is 0.619. The number of nitrogens with two attached hydrogens (primary N) is 1. The van der Waals surface area contributed by atoms with E-state index in [0.717, 1.165) is 19.3 Å². The van der Waals surface area contributed by atoms with E-state index in [1.165, 1.54) is 0 Å². The van der Waals surface area contributed by atoms with Gasteiger partial charge in [0.05, 0.1) is 6.42 Å². The minimum Gasteiger partial charge on any atom is -0.481 e. The first-order valence-electron chi connectivity index (χ1n) is 4.08. The molecule has 0 aromatic carbocycles. The summed E-state index contributed by atoms with van der Waals surface area (Å²) in [4.78, 5) is 10.7. The molecule has 0 fully saturated rings. The molecule has 1 unspecified atom stereocenters. The van der Waals surface area contributed by atoms with Gasteiger partial charge in [-0.15, -0.1) is 0 Å². The minimum absolute atomic E-state index is 0.0831. The Balaban J connectivity index is 3.69. The molecule has 3 nitrogen and oxygen atoms in total. The average molecular weight is 189 g/mol. The largest absolute Gasteiger partial charge is 0.481 e.